The number of nitrogens with one attached hydrogen (secondary N) is 1. The highest BCUT2D eigenvalue weighted by Gasteiger charge is 2.16. The van der Waals surface area contributed by atoms with Gasteiger partial charge in [-0.15, -0.1) is 0 Å². The van der Waals surface area contributed by atoms with Crippen LogP contribution in [0.5, 0.6) is 0 Å². The van der Waals surface area contributed by atoms with Crippen LogP contribution in [0.1, 0.15) is 31.5 Å². The van der Waals surface area contributed by atoms with Crippen LogP contribution in [0.25, 0.3) is 28.0 Å². The van der Waals surface area contributed by atoms with Crippen molar-refractivity contribution in [3.8, 4) is 22.4 Å². The van der Waals surface area contributed by atoms with Crippen molar-refractivity contribution in [3.63, 3.8) is 0 Å². The molecular weight excluding hydrogens is 370 g/mol. The van der Waals surface area contributed by atoms with Crippen LogP contribution >= 0.6 is 0 Å². The molecule has 152 valence electrons. The van der Waals surface area contributed by atoms with E-state index >= 15 is 0 Å². The van der Waals surface area contributed by atoms with E-state index in [1.54, 1.807) is 0 Å². The topological polar surface area (TPSA) is 46.4 Å². The molecule has 0 saturated carbocycles. The number of amides is 1. The minimum atomic E-state index is 0.0639. The summed E-state index contributed by atoms with van der Waals surface area (Å²) < 4.78 is 2.14. The zero-order valence-corrected chi connectivity index (χ0v) is 17.7. The SMILES string of the molecule is Cc1ccc(-c2nc3ccc(-c4ccccc4)cn3c2CCC(=O)NC(C)C)cc1. The van der Waals surface area contributed by atoms with Crippen LogP contribution in [0.2, 0.25) is 0 Å². The third kappa shape index (κ3) is 4.28. The van der Waals surface area contributed by atoms with Crippen molar-refractivity contribution in [2.75, 3.05) is 0 Å². The van der Waals surface area contributed by atoms with Gasteiger partial charge in [-0.2, -0.15) is 0 Å². The van der Waals surface area contributed by atoms with Crippen molar-refractivity contribution in [1.82, 2.24) is 14.7 Å². The normalized spacial score (nSPS) is 11.2. The number of aryl methyl sites for hydroxylation is 2. The first-order chi connectivity index (χ1) is 14.5. The van der Waals surface area contributed by atoms with Crippen molar-refractivity contribution in [2.24, 2.45) is 0 Å². The summed E-state index contributed by atoms with van der Waals surface area (Å²) in [5.74, 6) is 0.0639. The Balaban J connectivity index is 1.79. The first-order valence-electron chi connectivity index (χ1n) is 10.4. The Morgan fingerprint density at radius 3 is 2.33 bits per heavy atom. The molecule has 2 aromatic heterocycles. The van der Waals surface area contributed by atoms with Gasteiger partial charge in [0, 0.05) is 24.2 Å². The molecule has 0 radical (unpaired) electrons. The summed E-state index contributed by atoms with van der Waals surface area (Å²) in [6.45, 7) is 6.04. The molecule has 30 heavy (non-hydrogen) atoms. The predicted molar refractivity (Wildman–Crippen MR) is 122 cm³/mol. The molecule has 0 aliphatic heterocycles. The number of pyridine rings is 1. The summed E-state index contributed by atoms with van der Waals surface area (Å²) in [7, 11) is 0. The molecule has 0 unspecified atom stereocenters. The number of imidazole rings is 1. The monoisotopic (exact) mass is 397 g/mol. The van der Waals surface area contributed by atoms with Crippen LogP contribution in [0.15, 0.2) is 72.9 Å². The summed E-state index contributed by atoms with van der Waals surface area (Å²) in [6.07, 6.45) is 3.19. The lowest BCUT2D eigenvalue weighted by Gasteiger charge is -2.10. The molecule has 1 N–H and O–H groups in total. The Morgan fingerprint density at radius 2 is 1.63 bits per heavy atom. The zero-order valence-electron chi connectivity index (χ0n) is 17.7. The first-order valence-corrected chi connectivity index (χ1v) is 10.4. The van der Waals surface area contributed by atoms with Gasteiger partial charge < -0.3 is 9.72 Å². The molecule has 4 heteroatoms. The van der Waals surface area contributed by atoms with Crippen LogP contribution in [0.4, 0.5) is 0 Å². The summed E-state index contributed by atoms with van der Waals surface area (Å²) in [6, 6.07) is 23.0. The molecule has 0 atom stereocenters. The van der Waals surface area contributed by atoms with E-state index in [1.807, 2.05) is 32.0 Å². The third-order valence-corrected chi connectivity index (χ3v) is 5.19. The molecule has 0 spiro atoms. The van der Waals surface area contributed by atoms with E-state index in [2.05, 4.69) is 71.4 Å². The number of carbonyl (C=O) groups excluding carboxylic acids is 1. The van der Waals surface area contributed by atoms with E-state index < -0.39 is 0 Å². The molecule has 4 rings (SSSR count). The molecule has 0 fully saturated rings. The van der Waals surface area contributed by atoms with Gasteiger partial charge in [0.15, 0.2) is 0 Å². The fourth-order valence-corrected chi connectivity index (χ4v) is 3.70. The number of fused-ring (bicyclic) bond motifs is 1. The minimum absolute atomic E-state index is 0.0639. The van der Waals surface area contributed by atoms with Crippen molar-refractivity contribution in [1.29, 1.82) is 0 Å². The van der Waals surface area contributed by atoms with Crippen LogP contribution in [-0.4, -0.2) is 21.3 Å². The molecule has 2 aromatic carbocycles. The number of hydrogen-bond acceptors (Lipinski definition) is 2. The Kier molecular flexibility index (Phi) is 5.66. The highest BCUT2D eigenvalue weighted by Crippen LogP contribution is 2.28. The molecular formula is C26H27N3O. The maximum Gasteiger partial charge on any atom is 0.220 e. The van der Waals surface area contributed by atoms with Crippen molar-refractivity contribution in [3.05, 3.63) is 84.2 Å². The van der Waals surface area contributed by atoms with E-state index in [0.29, 0.717) is 12.8 Å². The molecule has 2 heterocycles. The van der Waals surface area contributed by atoms with Gasteiger partial charge in [0.05, 0.1) is 11.4 Å². The van der Waals surface area contributed by atoms with Gasteiger partial charge in [-0.3, -0.25) is 4.79 Å². The molecule has 4 aromatic rings. The van der Waals surface area contributed by atoms with Gasteiger partial charge in [0.25, 0.3) is 0 Å². The smallest absolute Gasteiger partial charge is 0.220 e. The van der Waals surface area contributed by atoms with Gasteiger partial charge in [-0.25, -0.2) is 4.98 Å². The Labute approximate surface area is 177 Å². The average Bonchev–Trinajstić information content (AvgIpc) is 3.10. The highest BCUT2D eigenvalue weighted by molar-refractivity contribution is 5.77. The second kappa shape index (κ2) is 8.54. The molecule has 0 aliphatic carbocycles. The molecule has 1 amide bonds. The van der Waals surface area contributed by atoms with Crippen molar-refractivity contribution >= 4 is 11.6 Å². The van der Waals surface area contributed by atoms with Gasteiger partial charge in [-0.1, -0.05) is 60.2 Å². The Bertz CT molecular complexity index is 1160. The van der Waals surface area contributed by atoms with E-state index in [0.717, 1.165) is 33.7 Å². The van der Waals surface area contributed by atoms with Gasteiger partial charge in [0.1, 0.15) is 5.65 Å². The second-order valence-corrected chi connectivity index (χ2v) is 8.01. The largest absolute Gasteiger partial charge is 0.354 e. The van der Waals surface area contributed by atoms with E-state index in [-0.39, 0.29) is 11.9 Å². The lowest BCUT2D eigenvalue weighted by atomic mass is 10.1. The van der Waals surface area contributed by atoms with Gasteiger partial charge in [0.2, 0.25) is 5.91 Å². The Morgan fingerprint density at radius 1 is 0.933 bits per heavy atom. The lowest BCUT2D eigenvalue weighted by Crippen LogP contribution is -2.30. The van der Waals surface area contributed by atoms with Crippen molar-refractivity contribution in [2.45, 2.75) is 39.7 Å². The number of carbonyl (C=O) groups is 1. The Hall–Kier alpha value is -3.40. The number of benzene rings is 2. The second-order valence-electron chi connectivity index (χ2n) is 8.01. The van der Waals surface area contributed by atoms with Gasteiger partial charge in [-0.05, 0) is 50.5 Å². The van der Waals surface area contributed by atoms with E-state index in [4.69, 9.17) is 4.98 Å². The number of aromatic nitrogens is 2. The predicted octanol–water partition coefficient (Wildman–Crippen LogP) is 5.43. The van der Waals surface area contributed by atoms with Crippen LogP contribution in [0, 0.1) is 6.92 Å². The molecule has 4 nitrogen and oxygen atoms in total. The number of rotatable bonds is 6. The first kappa shape index (κ1) is 19.9. The fourth-order valence-electron chi connectivity index (χ4n) is 3.70. The standard InChI is InChI=1S/C26H27N3O/c1-18(2)27-25(30)16-14-23-26(21-11-9-19(3)10-12-21)28-24-15-13-22(17-29(23)24)20-7-5-4-6-8-20/h4-13,15,17-18H,14,16H2,1-3H3,(H,27,30). The summed E-state index contributed by atoms with van der Waals surface area (Å²) in [5.41, 5.74) is 7.47. The molecule has 0 saturated heterocycles. The summed E-state index contributed by atoms with van der Waals surface area (Å²) in [4.78, 5) is 17.2. The van der Waals surface area contributed by atoms with Crippen LogP contribution in [-0.2, 0) is 11.2 Å². The van der Waals surface area contributed by atoms with Crippen LogP contribution < -0.4 is 5.32 Å². The van der Waals surface area contributed by atoms with Crippen LogP contribution in [0.3, 0.4) is 0 Å². The summed E-state index contributed by atoms with van der Waals surface area (Å²) >= 11 is 0. The minimum Gasteiger partial charge on any atom is -0.354 e. The molecule has 0 bridgehead atoms. The number of nitrogens with zero attached hydrogens (tertiary/aromatic N) is 2. The van der Waals surface area contributed by atoms with Crippen molar-refractivity contribution < 1.29 is 4.79 Å². The highest BCUT2D eigenvalue weighted by atomic mass is 16.1. The van der Waals surface area contributed by atoms with E-state index in [9.17, 15) is 4.79 Å². The zero-order chi connectivity index (χ0) is 21.1. The van der Waals surface area contributed by atoms with Gasteiger partial charge >= 0.3 is 0 Å². The molecule has 0 aliphatic rings. The van der Waals surface area contributed by atoms with E-state index in [1.165, 1.54) is 5.56 Å². The average molecular weight is 398 g/mol. The summed E-state index contributed by atoms with van der Waals surface area (Å²) in [5, 5.41) is 2.99. The lowest BCUT2D eigenvalue weighted by molar-refractivity contribution is -0.121. The maximum atomic E-state index is 12.3. The number of hydrogen-bond donors (Lipinski definition) is 1. The third-order valence-electron chi connectivity index (χ3n) is 5.19. The maximum absolute atomic E-state index is 12.3. The fraction of sp³-hybridized carbons (Fsp3) is 0.231. The quantitative estimate of drug-likeness (QED) is 0.471.